The number of nitrogens with zero attached hydrogens (tertiary/aromatic N) is 2. The van der Waals surface area contributed by atoms with Crippen molar-refractivity contribution in [3.05, 3.63) is 58.2 Å². The quantitative estimate of drug-likeness (QED) is 0.745. The van der Waals surface area contributed by atoms with Crippen LogP contribution >= 0.6 is 15.9 Å². The fourth-order valence-corrected chi connectivity index (χ4v) is 2.80. The van der Waals surface area contributed by atoms with Crippen molar-refractivity contribution in [3.8, 4) is 0 Å². The van der Waals surface area contributed by atoms with Gasteiger partial charge in [0.25, 0.3) is 0 Å². The Hall–Kier alpha value is -1.35. The maximum Gasteiger partial charge on any atom is 0.130 e. The van der Waals surface area contributed by atoms with Gasteiger partial charge in [0.2, 0.25) is 0 Å². The van der Waals surface area contributed by atoms with Gasteiger partial charge in [-0.1, -0.05) is 30.3 Å². The summed E-state index contributed by atoms with van der Waals surface area (Å²) in [5.41, 5.74) is 2.91. The Morgan fingerprint density at radius 2 is 1.83 bits per heavy atom. The zero-order valence-electron chi connectivity index (χ0n) is 10.1. The van der Waals surface area contributed by atoms with Gasteiger partial charge in [-0.2, -0.15) is 0 Å². The minimum atomic E-state index is 0.900. The molecule has 0 N–H and O–H groups in total. The first-order valence-corrected chi connectivity index (χ1v) is 7.06. The van der Waals surface area contributed by atoms with E-state index in [9.17, 15) is 0 Å². The highest BCUT2D eigenvalue weighted by Gasteiger charge is 2.15. The lowest BCUT2D eigenvalue weighted by atomic mass is 10.0. The molecule has 0 bridgehead atoms. The maximum atomic E-state index is 4.55. The maximum absolute atomic E-state index is 4.55. The van der Waals surface area contributed by atoms with Gasteiger partial charge in [0.15, 0.2) is 0 Å². The normalized spacial score (nSPS) is 15.1. The predicted octanol–water partition coefficient (Wildman–Crippen LogP) is 3.80. The number of rotatable bonds is 1. The van der Waals surface area contributed by atoms with Gasteiger partial charge in [-0.25, -0.2) is 4.98 Å². The number of halogens is 1. The van der Waals surface area contributed by atoms with E-state index in [4.69, 9.17) is 0 Å². The Bertz CT molecular complexity index is 554. The van der Waals surface area contributed by atoms with Crippen molar-refractivity contribution in [2.75, 3.05) is 11.4 Å². The summed E-state index contributed by atoms with van der Waals surface area (Å²) in [5.74, 6) is 1.06. The second kappa shape index (κ2) is 5.11. The molecule has 2 heterocycles. The third-order valence-corrected chi connectivity index (χ3v) is 3.82. The molecule has 0 saturated heterocycles. The highest BCUT2D eigenvalue weighted by atomic mass is 79.9. The molecule has 0 unspecified atom stereocenters. The van der Waals surface area contributed by atoms with Crippen LogP contribution in [0.25, 0.3) is 0 Å². The molecule has 0 radical (unpaired) electrons. The van der Waals surface area contributed by atoms with E-state index < -0.39 is 0 Å². The van der Waals surface area contributed by atoms with E-state index in [1.165, 1.54) is 24.0 Å². The average Bonchev–Trinajstić information content (AvgIpc) is 2.60. The van der Waals surface area contributed by atoms with E-state index in [1.807, 2.05) is 12.1 Å². The molecule has 0 aliphatic carbocycles. The topological polar surface area (TPSA) is 16.1 Å². The number of hydrogen-bond donors (Lipinski definition) is 0. The molecule has 1 aromatic heterocycles. The summed E-state index contributed by atoms with van der Waals surface area (Å²) in [5, 5.41) is 0. The van der Waals surface area contributed by atoms with Crippen molar-refractivity contribution in [1.29, 1.82) is 0 Å². The largest absolute Gasteiger partial charge is 0.352 e. The molecular weight excluding hydrogens is 288 g/mol. The number of aromatic nitrogens is 1. The van der Waals surface area contributed by atoms with Crippen molar-refractivity contribution in [1.82, 2.24) is 4.98 Å². The van der Waals surface area contributed by atoms with Crippen LogP contribution in [0.5, 0.6) is 0 Å². The molecule has 18 heavy (non-hydrogen) atoms. The molecule has 0 saturated carbocycles. The first-order chi connectivity index (χ1) is 8.83. The van der Waals surface area contributed by atoms with Gasteiger partial charge in [-0.15, -0.1) is 0 Å². The smallest absolute Gasteiger partial charge is 0.130 e. The lowest BCUT2D eigenvalue weighted by molar-refractivity contribution is 0.754. The van der Waals surface area contributed by atoms with Gasteiger partial charge in [0.05, 0.1) is 0 Å². The molecule has 1 aromatic carbocycles. The Kier molecular flexibility index (Phi) is 3.33. The zero-order valence-corrected chi connectivity index (χ0v) is 11.7. The number of anilines is 1. The Labute approximate surface area is 116 Å². The van der Waals surface area contributed by atoms with Gasteiger partial charge >= 0.3 is 0 Å². The number of fused-ring (bicyclic) bond motifs is 1. The van der Waals surface area contributed by atoms with E-state index in [2.05, 4.69) is 56.1 Å². The molecule has 3 heteroatoms. The molecular formula is C15H15BrN2. The van der Waals surface area contributed by atoms with Gasteiger partial charge in [0, 0.05) is 13.1 Å². The van der Waals surface area contributed by atoms with Crippen LogP contribution in [-0.4, -0.2) is 11.5 Å². The van der Waals surface area contributed by atoms with Crippen LogP contribution in [0.1, 0.15) is 17.5 Å². The Balaban J connectivity index is 1.91. The van der Waals surface area contributed by atoms with Crippen LogP contribution in [0.4, 0.5) is 5.82 Å². The average molecular weight is 303 g/mol. The molecule has 2 nitrogen and oxygen atoms in total. The van der Waals surface area contributed by atoms with Crippen LogP contribution in [0.15, 0.2) is 47.1 Å². The number of pyridine rings is 1. The first kappa shape index (κ1) is 11.7. The third kappa shape index (κ3) is 2.41. The van der Waals surface area contributed by atoms with Crippen molar-refractivity contribution < 1.29 is 0 Å². The summed E-state index contributed by atoms with van der Waals surface area (Å²) in [6.45, 7) is 2.03. The Morgan fingerprint density at radius 1 is 1.00 bits per heavy atom. The molecule has 92 valence electrons. The lowest BCUT2D eigenvalue weighted by Gasteiger charge is -2.22. The van der Waals surface area contributed by atoms with E-state index in [0.717, 1.165) is 23.5 Å². The van der Waals surface area contributed by atoms with E-state index in [0.29, 0.717) is 0 Å². The molecule has 3 rings (SSSR count). The fraction of sp³-hybridized carbons (Fsp3) is 0.267. The molecule has 2 aromatic rings. The summed E-state index contributed by atoms with van der Waals surface area (Å²) >= 11 is 3.44. The number of aryl methyl sites for hydroxylation is 1. The van der Waals surface area contributed by atoms with Crippen molar-refractivity contribution >= 4 is 21.7 Å². The van der Waals surface area contributed by atoms with Crippen molar-refractivity contribution in [2.45, 2.75) is 19.4 Å². The standard InChI is InChI=1S/C15H15BrN2/c16-14-8-3-9-15(17-14)18-10-4-7-12-5-1-2-6-13(12)11-18/h1-3,5-6,8-9H,4,7,10-11H2. The monoisotopic (exact) mass is 302 g/mol. The van der Waals surface area contributed by atoms with E-state index in [1.54, 1.807) is 0 Å². The summed E-state index contributed by atoms with van der Waals surface area (Å²) in [6.07, 6.45) is 2.35. The SMILES string of the molecule is Brc1cccc(N2CCCc3ccccc3C2)n1. The van der Waals surface area contributed by atoms with Crippen LogP contribution in [0.3, 0.4) is 0 Å². The lowest BCUT2D eigenvalue weighted by Crippen LogP contribution is -2.23. The predicted molar refractivity (Wildman–Crippen MR) is 77.8 cm³/mol. The third-order valence-electron chi connectivity index (χ3n) is 3.38. The molecule has 0 amide bonds. The minimum absolute atomic E-state index is 0.900. The minimum Gasteiger partial charge on any atom is -0.352 e. The fourth-order valence-electron chi connectivity index (χ4n) is 2.47. The zero-order chi connectivity index (χ0) is 12.4. The second-order valence-corrected chi connectivity index (χ2v) is 5.42. The Morgan fingerprint density at radius 3 is 2.67 bits per heavy atom. The van der Waals surface area contributed by atoms with Crippen LogP contribution in [0, 0.1) is 0 Å². The first-order valence-electron chi connectivity index (χ1n) is 6.27. The summed E-state index contributed by atoms with van der Waals surface area (Å²) in [7, 11) is 0. The van der Waals surface area contributed by atoms with Crippen LogP contribution < -0.4 is 4.90 Å². The second-order valence-electron chi connectivity index (χ2n) is 4.61. The summed E-state index contributed by atoms with van der Waals surface area (Å²) < 4.78 is 0.900. The van der Waals surface area contributed by atoms with E-state index in [-0.39, 0.29) is 0 Å². The van der Waals surface area contributed by atoms with E-state index >= 15 is 0 Å². The van der Waals surface area contributed by atoms with Gasteiger partial charge in [-0.05, 0) is 52.0 Å². The summed E-state index contributed by atoms with van der Waals surface area (Å²) in [4.78, 5) is 6.91. The molecule has 1 aliphatic heterocycles. The molecule has 0 atom stereocenters. The highest BCUT2D eigenvalue weighted by Crippen LogP contribution is 2.23. The molecule has 1 aliphatic rings. The van der Waals surface area contributed by atoms with Gasteiger partial charge < -0.3 is 4.90 Å². The van der Waals surface area contributed by atoms with Crippen molar-refractivity contribution in [2.24, 2.45) is 0 Å². The molecule has 0 spiro atoms. The van der Waals surface area contributed by atoms with Crippen LogP contribution in [0.2, 0.25) is 0 Å². The van der Waals surface area contributed by atoms with Crippen molar-refractivity contribution in [3.63, 3.8) is 0 Å². The number of hydrogen-bond acceptors (Lipinski definition) is 2. The number of benzene rings is 1. The highest BCUT2D eigenvalue weighted by molar-refractivity contribution is 9.10. The van der Waals surface area contributed by atoms with Gasteiger partial charge in [-0.3, -0.25) is 0 Å². The van der Waals surface area contributed by atoms with Crippen LogP contribution in [-0.2, 0) is 13.0 Å². The van der Waals surface area contributed by atoms with Gasteiger partial charge in [0.1, 0.15) is 10.4 Å². The molecule has 0 fully saturated rings. The summed E-state index contributed by atoms with van der Waals surface area (Å²) in [6, 6.07) is 14.8.